The highest BCUT2D eigenvalue weighted by Crippen LogP contribution is 2.40. The van der Waals surface area contributed by atoms with Gasteiger partial charge in [-0.1, -0.05) is 0 Å². The van der Waals surface area contributed by atoms with Gasteiger partial charge in [0, 0.05) is 22.4 Å². The number of nitrogens with zero attached hydrogens (tertiary/aromatic N) is 2. The average molecular weight is 315 g/mol. The third-order valence-corrected chi connectivity index (χ3v) is 6.05. The van der Waals surface area contributed by atoms with Crippen molar-refractivity contribution in [2.45, 2.75) is 33.1 Å². The summed E-state index contributed by atoms with van der Waals surface area (Å²) in [7, 11) is 0. The molecule has 0 bridgehead atoms. The number of thiophene rings is 2. The molecule has 0 saturated carbocycles. The topological polar surface area (TPSA) is 37.8 Å². The zero-order valence-electron chi connectivity index (χ0n) is 12.2. The Kier molecular flexibility index (Phi) is 3.19. The van der Waals surface area contributed by atoms with Crippen LogP contribution in [0.4, 0.5) is 5.82 Å². The van der Waals surface area contributed by atoms with Crippen molar-refractivity contribution in [1.82, 2.24) is 9.97 Å². The van der Waals surface area contributed by atoms with Gasteiger partial charge in [0.15, 0.2) is 5.82 Å². The van der Waals surface area contributed by atoms with Gasteiger partial charge in [0.25, 0.3) is 0 Å². The SMILES string of the molecule is CCNc1nc(-c2cscc2C)nc2sc3c(c12)CCC3. The summed E-state index contributed by atoms with van der Waals surface area (Å²) in [6.07, 6.45) is 3.65. The van der Waals surface area contributed by atoms with Crippen LogP contribution < -0.4 is 5.32 Å². The minimum atomic E-state index is 0.858. The Bertz CT molecular complexity index is 816. The maximum Gasteiger partial charge on any atom is 0.164 e. The standard InChI is InChI=1S/C16H17N3S2/c1-3-17-15-13-10-5-4-6-12(10)21-16(13)19-14(18-15)11-8-20-7-9(11)2/h7-8H,3-6H2,1-2H3,(H,17,18,19). The minimum Gasteiger partial charge on any atom is -0.370 e. The van der Waals surface area contributed by atoms with Crippen molar-refractivity contribution in [3.05, 3.63) is 26.8 Å². The number of aromatic nitrogens is 2. The van der Waals surface area contributed by atoms with E-state index < -0.39 is 0 Å². The second-order valence-electron chi connectivity index (χ2n) is 5.43. The molecule has 1 aliphatic rings. The first kappa shape index (κ1) is 13.2. The van der Waals surface area contributed by atoms with Gasteiger partial charge in [-0.15, -0.1) is 11.3 Å². The Hall–Kier alpha value is -1.46. The van der Waals surface area contributed by atoms with Crippen LogP contribution in [0, 0.1) is 6.92 Å². The third kappa shape index (κ3) is 2.07. The molecule has 3 aromatic rings. The van der Waals surface area contributed by atoms with Gasteiger partial charge in [-0.05, 0) is 49.6 Å². The molecule has 0 amide bonds. The van der Waals surface area contributed by atoms with Crippen LogP contribution in [0.15, 0.2) is 10.8 Å². The zero-order valence-corrected chi connectivity index (χ0v) is 13.8. The van der Waals surface area contributed by atoms with Crippen LogP contribution in [-0.4, -0.2) is 16.5 Å². The van der Waals surface area contributed by atoms with E-state index in [0.717, 1.165) is 28.6 Å². The Balaban J connectivity index is 1.97. The molecule has 5 heteroatoms. The maximum absolute atomic E-state index is 4.86. The molecule has 0 aliphatic heterocycles. The second kappa shape index (κ2) is 5.07. The van der Waals surface area contributed by atoms with Gasteiger partial charge >= 0.3 is 0 Å². The van der Waals surface area contributed by atoms with E-state index in [4.69, 9.17) is 9.97 Å². The van der Waals surface area contributed by atoms with Crippen LogP contribution in [0.1, 0.15) is 29.3 Å². The van der Waals surface area contributed by atoms with E-state index in [1.54, 1.807) is 11.3 Å². The summed E-state index contributed by atoms with van der Waals surface area (Å²) >= 11 is 3.57. The zero-order chi connectivity index (χ0) is 14.4. The molecule has 3 heterocycles. The highest BCUT2D eigenvalue weighted by molar-refractivity contribution is 7.19. The molecule has 0 saturated heterocycles. The van der Waals surface area contributed by atoms with Gasteiger partial charge in [-0.25, -0.2) is 9.97 Å². The van der Waals surface area contributed by atoms with Crippen LogP contribution in [-0.2, 0) is 12.8 Å². The van der Waals surface area contributed by atoms with Crippen molar-refractivity contribution in [1.29, 1.82) is 0 Å². The smallest absolute Gasteiger partial charge is 0.164 e. The van der Waals surface area contributed by atoms with Crippen molar-refractivity contribution in [3.63, 3.8) is 0 Å². The molecule has 3 aromatic heterocycles. The number of nitrogens with one attached hydrogen (secondary N) is 1. The number of hydrogen-bond acceptors (Lipinski definition) is 5. The van der Waals surface area contributed by atoms with Gasteiger partial charge in [0.05, 0.1) is 5.39 Å². The van der Waals surface area contributed by atoms with Crippen LogP contribution in [0.5, 0.6) is 0 Å². The maximum atomic E-state index is 4.86. The Morgan fingerprint density at radius 2 is 2.14 bits per heavy atom. The van der Waals surface area contributed by atoms with Crippen LogP contribution in [0.25, 0.3) is 21.6 Å². The minimum absolute atomic E-state index is 0.858. The van der Waals surface area contributed by atoms with Gasteiger partial charge in [0.1, 0.15) is 10.6 Å². The van der Waals surface area contributed by atoms with E-state index in [2.05, 4.69) is 29.9 Å². The molecule has 0 unspecified atom stereocenters. The van der Waals surface area contributed by atoms with Crippen molar-refractivity contribution in [2.75, 3.05) is 11.9 Å². The lowest BCUT2D eigenvalue weighted by Crippen LogP contribution is -2.03. The highest BCUT2D eigenvalue weighted by Gasteiger charge is 2.22. The molecule has 4 rings (SSSR count). The summed E-state index contributed by atoms with van der Waals surface area (Å²) in [6, 6.07) is 0. The predicted octanol–water partition coefficient (Wildman–Crippen LogP) is 4.65. The average Bonchev–Trinajstić information content (AvgIpc) is 3.13. The first-order valence-electron chi connectivity index (χ1n) is 7.37. The van der Waals surface area contributed by atoms with Gasteiger partial charge in [0.2, 0.25) is 0 Å². The first-order valence-corrected chi connectivity index (χ1v) is 9.13. The lowest BCUT2D eigenvalue weighted by molar-refractivity contribution is 0.917. The lowest BCUT2D eigenvalue weighted by Gasteiger charge is -2.08. The number of hydrogen-bond donors (Lipinski definition) is 1. The number of aryl methyl sites for hydroxylation is 3. The van der Waals surface area contributed by atoms with Crippen LogP contribution >= 0.6 is 22.7 Å². The number of anilines is 1. The molecule has 0 radical (unpaired) electrons. The number of fused-ring (bicyclic) bond motifs is 3. The Morgan fingerprint density at radius 3 is 2.90 bits per heavy atom. The Morgan fingerprint density at radius 1 is 1.24 bits per heavy atom. The molecule has 0 aromatic carbocycles. The van der Waals surface area contributed by atoms with E-state index >= 15 is 0 Å². The second-order valence-corrected chi connectivity index (χ2v) is 7.26. The first-order chi connectivity index (χ1) is 10.3. The van der Waals surface area contributed by atoms with E-state index in [0.29, 0.717) is 0 Å². The third-order valence-electron chi connectivity index (χ3n) is 4.01. The summed E-state index contributed by atoms with van der Waals surface area (Å²) in [5, 5.41) is 9.02. The van der Waals surface area contributed by atoms with E-state index in [1.807, 2.05) is 11.3 Å². The quantitative estimate of drug-likeness (QED) is 0.764. The van der Waals surface area contributed by atoms with E-state index in [-0.39, 0.29) is 0 Å². The fourth-order valence-electron chi connectivity index (χ4n) is 3.00. The van der Waals surface area contributed by atoms with Gasteiger partial charge < -0.3 is 5.32 Å². The molecule has 0 fully saturated rings. The Labute approximate surface area is 132 Å². The predicted molar refractivity (Wildman–Crippen MR) is 91.7 cm³/mol. The summed E-state index contributed by atoms with van der Waals surface area (Å²) in [4.78, 5) is 12.3. The van der Waals surface area contributed by atoms with E-state index in [9.17, 15) is 0 Å². The largest absolute Gasteiger partial charge is 0.370 e. The molecule has 1 N–H and O–H groups in total. The normalized spacial score (nSPS) is 13.8. The van der Waals surface area contributed by atoms with Crippen molar-refractivity contribution in [3.8, 4) is 11.4 Å². The lowest BCUT2D eigenvalue weighted by atomic mass is 10.1. The molecule has 21 heavy (non-hydrogen) atoms. The van der Waals surface area contributed by atoms with Crippen LogP contribution in [0.3, 0.4) is 0 Å². The van der Waals surface area contributed by atoms with Gasteiger partial charge in [-0.3, -0.25) is 0 Å². The van der Waals surface area contributed by atoms with Crippen LogP contribution in [0.2, 0.25) is 0 Å². The fraction of sp³-hybridized carbons (Fsp3) is 0.375. The van der Waals surface area contributed by atoms with Gasteiger partial charge in [-0.2, -0.15) is 11.3 Å². The fourth-order valence-corrected chi connectivity index (χ4v) is 5.09. The van der Waals surface area contributed by atoms with Crippen molar-refractivity contribution >= 4 is 38.7 Å². The summed E-state index contributed by atoms with van der Waals surface area (Å²) in [5.41, 5.74) is 3.90. The molecule has 0 spiro atoms. The molecule has 0 atom stereocenters. The summed E-state index contributed by atoms with van der Waals surface area (Å²) < 4.78 is 0. The summed E-state index contributed by atoms with van der Waals surface area (Å²) in [5.74, 6) is 1.87. The highest BCUT2D eigenvalue weighted by atomic mass is 32.1. The molecule has 1 aliphatic carbocycles. The van der Waals surface area contributed by atoms with E-state index in [1.165, 1.54) is 40.7 Å². The molecular weight excluding hydrogens is 298 g/mol. The summed E-state index contributed by atoms with van der Waals surface area (Å²) in [6.45, 7) is 5.13. The van der Waals surface area contributed by atoms with Crippen molar-refractivity contribution < 1.29 is 0 Å². The monoisotopic (exact) mass is 315 g/mol. The molecule has 108 valence electrons. The molecular formula is C16H17N3S2. The molecule has 3 nitrogen and oxygen atoms in total. The van der Waals surface area contributed by atoms with Crippen molar-refractivity contribution in [2.24, 2.45) is 0 Å². The number of rotatable bonds is 3.